The highest BCUT2D eigenvalue weighted by Gasteiger charge is 2.11. The molecule has 0 radical (unpaired) electrons. The van der Waals surface area contributed by atoms with Crippen molar-refractivity contribution in [2.24, 2.45) is 10.7 Å². The van der Waals surface area contributed by atoms with Gasteiger partial charge in [-0.15, -0.1) is 0 Å². The van der Waals surface area contributed by atoms with Crippen molar-refractivity contribution in [2.45, 2.75) is 27.2 Å². The summed E-state index contributed by atoms with van der Waals surface area (Å²) in [6.45, 7) is 7.58. The third kappa shape index (κ3) is 4.38. The molecule has 0 bridgehead atoms. The molecule has 0 unspecified atom stereocenters. The summed E-state index contributed by atoms with van der Waals surface area (Å²) >= 11 is 0. The van der Waals surface area contributed by atoms with E-state index in [4.69, 9.17) is 5.73 Å². The normalized spacial score (nSPS) is 12.5. The van der Waals surface area contributed by atoms with Crippen LogP contribution in [0.4, 0.5) is 5.82 Å². The number of rotatable bonds is 7. The highest BCUT2D eigenvalue weighted by Crippen LogP contribution is 2.21. The fourth-order valence-electron chi connectivity index (χ4n) is 2.13. The number of aromatic amines is 1. The minimum Gasteiger partial charge on any atom is -0.398 e. The number of hydrogen-bond donors (Lipinski definition) is 3. The first-order valence-electron chi connectivity index (χ1n) is 7.74. The Bertz CT molecular complexity index is 686. The maximum Gasteiger partial charge on any atom is 0.159 e. The molecule has 23 heavy (non-hydrogen) atoms. The van der Waals surface area contributed by atoms with Crippen LogP contribution in [0.5, 0.6) is 0 Å². The number of pyridine rings is 1. The Morgan fingerprint density at radius 3 is 2.87 bits per heavy atom. The molecular weight excluding hydrogens is 290 g/mol. The van der Waals surface area contributed by atoms with Crippen molar-refractivity contribution >= 4 is 23.3 Å². The van der Waals surface area contributed by atoms with Gasteiger partial charge in [0, 0.05) is 30.6 Å². The fraction of sp³-hybridized carbons (Fsp3) is 0.375. The van der Waals surface area contributed by atoms with Gasteiger partial charge in [-0.1, -0.05) is 6.92 Å². The molecule has 0 spiro atoms. The zero-order chi connectivity index (χ0) is 16.7. The molecule has 0 atom stereocenters. The highest BCUT2D eigenvalue weighted by atomic mass is 15.2. The summed E-state index contributed by atoms with van der Waals surface area (Å²) in [5.41, 5.74) is 9.48. The van der Waals surface area contributed by atoms with Crippen LogP contribution in [0.15, 0.2) is 23.5 Å². The van der Waals surface area contributed by atoms with E-state index in [1.165, 1.54) is 6.33 Å². The lowest BCUT2D eigenvalue weighted by Gasteiger charge is -2.10. The summed E-state index contributed by atoms with van der Waals surface area (Å²) in [5.74, 6) is 1.40. The maximum absolute atomic E-state index is 6.39. The van der Waals surface area contributed by atoms with Crippen LogP contribution in [0.25, 0.3) is 11.3 Å². The number of anilines is 1. The predicted octanol–water partition coefficient (Wildman–Crippen LogP) is 2.25. The van der Waals surface area contributed by atoms with E-state index < -0.39 is 0 Å². The summed E-state index contributed by atoms with van der Waals surface area (Å²) in [7, 11) is 0. The van der Waals surface area contributed by atoms with Crippen LogP contribution in [0.3, 0.4) is 0 Å². The van der Waals surface area contributed by atoms with Gasteiger partial charge in [-0.3, -0.25) is 10.1 Å². The first kappa shape index (κ1) is 16.7. The lowest BCUT2D eigenvalue weighted by Crippen LogP contribution is -2.07. The van der Waals surface area contributed by atoms with Gasteiger partial charge in [0.05, 0.1) is 11.3 Å². The Morgan fingerprint density at radius 1 is 1.39 bits per heavy atom. The van der Waals surface area contributed by atoms with Gasteiger partial charge in [0.1, 0.15) is 12.1 Å². The number of allylic oxidation sites excluding steroid dienone is 1. The molecule has 2 rings (SSSR count). The Balaban J connectivity index is 2.49. The number of nitrogens with zero attached hydrogens (tertiary/aromatic N) is 4. The summed E-state index contributed by atoms with van der Waals surface area (Å²) in [4.78, 5) is 13.0. The van der Waals surface area contributed by atoms with E-state index in [1.54, 1.807) is 6.21 Å². The van der Waals surface area contributed by atoms with Crippen LogP contribution in [-0.2, 0) is 0 Å². The molecule has 7 nitrogen and oxygen atoms in total. The summed E-state index contributed by atoms with van der Waals surface area (Å²) in [6, 6.07) is 3.87. The molecule has 0 aliphatic carbocycles. The van der Waals surface area contributed by atoms with Crippen LogP contribution >= 0.6 is 0 Å². The summed E-state index contributed by atoms with van der Waals surface area (Å²) in [6.07, 6.45) is 4.18. The van der Waals surface area contributed by atoms with Crippen LogP contribution in [0.2, 0.25) is 0 Å². The predicted molar refractivity (Wildman–Crippen MR) is 94.2 cm³/mol. The van der Waals surface area contributed by atoms with E-state index in [-0.39, 0.29) is 0 Å². The largest absolute Gasteiger partial charge is 0.398 e. The molecule has 2 heterocycles. The van der Waals surface area contributed by atoms with Crippen molar-refractivity contribution in [2.75, 3.05) is 18.4 Å². The van der Waals surface area contributed by atoms with E-state index in [1.807, 2.05) is 26.0 Å². The van der Waals surface area contributed by atoms with Gasteiger partial charge in [-0.25, -0.2) is 9.97 Å². The second-order valence-electron chi connectivity index (χ2n) is 5.11. The fourth-order valence-corrected chi connectivity index (χ4v) is 2.13. The third-order valence-corrected chi connectivity index (χ3v) is 3.16. The van der Waals surface area contributed by atoms with Crippen LogP contribution in [0, 0.1) is 6.92 Å². The Kier molecular flexibility index (Phi) is 5.85. The Morgan fingerprint density at radius 2 is 2.22 bits per heavy atom. The number of H-pyrrole nitrogens is 1. The number of nitrogens with two attached hydrogens (primary N) is 1. The minimum atomic E-state index is 0.589. The average molecular weight is 313 g/mol. The lowest BCUT2D eigenvalue weighted by atomic mass is 10.1. The van der Waals surface area contributed by atoms with Crippen molar-refractivity contribution in [1.82, 2.24) is 20.2 Å². The number of nitrogens with one attached hydrogen (secondary N) is 2. The maximum atomic E-state index is 6.39. The van der Waals surface area contributed by atoms with E-state index in [9.17, 15) is 0 Å². The van der Waals surface area contributed by atoms with Gasteiger partial charge in [-0.05, 0) is 32.4 Å². The molecule has 122 valence electrons. The van der Waals surface area contributed by atoms with Crippen LogP contribution in [-0.4, -0.2) is 39.5 Å². The SMILES string of the molecule is CCCN=C/C(=C(\N)c1cc(C)nc(NCC)c1)c1ncn[nH]1. The zero-order valence-electron chi connectivity index (χ0n) is 13.8. The van der Waals surface area contributed by atoms with Gasteiger partial charge < -0.3 is 11.1 Å². The van der Waals surface area contributed by atoms with E-state index in [0.29, 0.717) is 11.5 Å². The number of hydrogen-bond acceptors (Lipinski definition) is 6. The van der Waals surface area contributed by atoms with Crippen molar-refractivity contribution in [3.63, 3.8) is 0 Å². The molecule has 0 saturated heterocycles. The van der Waals surface area contributed by atoms with Gasteiger partial charge in [0.15, 0.2) is 5.82 Å². The molecule has 0 saturated carbocycles. The van der Waals surface area contributed by atoms with Crippen LogP contribution in [0.1, 0.15) is 37.4 Å². The molecule has 0 fully saturated rings. The van der Waals surface area contributed by atoms with Gasteiger partial charge >= 0.3 is 0 Å². The first-order chi connectivity index (χ1) is 11.2. The molecule has 2 aromatic heterocycles. The first-order valence-corrected chi connectivity index (χ1v) is 7.74. The van der Waals surface area contributed by atoms with Crippen LogP contribution < -0.4 is 11.1 Å². The van der Waals surface area contributed by atoms with Gasteiger partial charge in [0.25, 0.3) is 0 Å². The molecule has 0 amide bonds. The van der Waals surface area contributed by atoms with Gasteiger partial charge in [-0.2, -0.15) is 5.10 Å². The third-order valence-electron chi connectivity index (χ3n) is 3.16. The topological polar surface area (TPSA) is 105 Å². The summed E-state index contributed by atoms with van der Waals surface area (Å²) in [5, 5.41) is 9.96. The summed E-state index contributed by atoms with van der Waals surface area (Å²) < 4.78 is 0. The monoisotopic (exact) mass is 313 g/mol. The number of aromatic nitrogens is 4. The zero-order valence-corrected chi connectivity index (χ0v) is 13.8. The van der Waals surface area contributed by atoms with Gasteiger partial charge in [0.2, 0.25) is 0 Å². The smallest absolute Gasteiger partial charge is 0.159 e. The van der Waals surface area contributed by atoms with E-state index in [0.717, 1.165) is 42.2 Å². The second kappa shape index (κ2) is 8.07. The lowest BCUT2D eigenvalue weighted by molar-refractivity contribution is 0.937. The standard InChI is InChI=1S/C16H23N7/c1-4-6-18-9-13(16-20-10-21-23-16)15(17)12-7-11(3)22-14(8-12)19-5-2/h7-10H,4-6,17H2,1-3H3,(H,19,22)(H,20,21,23)/b15-13+,18-9?. The molecule has 4 N–H and O–H groups in total. The molecular formula is C16H23N7. The van der Waals surface area contributed by atoms with Crippen molar-refractivity contribution in [3.05, 3.63) is 35.5 Å². The Hall–Kier alpha value is -2.70. The second-order valence-corrected chi connectivity index (χ2v) is 5.11. The molecule has 0 aliphatic rings. The molecule has 2 aromatic rings. The van der Waals surface area contributed by atoms with E-state index >= 15 is 0 Å². The van der Waals surface area contributed by atoms with Crippen molar-refractivity contribution in [3.8, 4) is 0 Å². The highest BCUT2D eigenvalue weighted by molar-refractivity contribution is 6.17. The van der Waals surface area contributed by atoms with E-state index in [2.05, 4.69) is 37.4 Å². The minimum absolute atomic E-state index is 0.589. The Labute approximate surface area is 136 Å². The number of aryl methyl sites for hydroxylation is 1. The van der Waals surface area contributed by atoms with Crippen molar-refractivity contribution < 1.29 is 0 Å². The average Bonchev–Trinajstić information content (AvgIpc) is 3.05. The quantitative estimate of drug-likeness (QED) is 0.680. The van der Waals surface area contributed by atoms with Crippen molar-refractivity contribution in [1.29, 1.82) is 0 Å². The molecule has 0 aromatic carbocycles. The molecule has 7 heteroatoms. The number of aliphatic imine (C=N–C) groups is 1. The molecule has 0 aliphatic heterocycles.